The average molecular weight is 330 g/mol. The molecule has 0 saturated heterocycles. The number of hydrogen-bond acceptors (Lipinski definition) is 2. The van der Waals surface area contributed by atoms with Crippen molar-refractivity contribution in [3.63, 3.8) is 0 Å². The Morgan fingerprint density at radius 1 is 1.08 bits per heavy atom. The molecule has 0 spiro atoms. The quantitative estimate of drug-likeness (QED) is 0.781. The van der Waals surface area contributed by atoms with Crippen molar-refractivity contribution in [3.8, 4) is 5.75 Å². The molecule has 4 nitrogen and oxygen atoms in total. The lowest BCUT2D eigenvalue weighted by Crippen LogP contribution is -2.43. The fraction of sp³-hybridized carbons (Fsp3) is 0.316. The van der Waals surface area contributed by atoms with Gasteiger partial charge in [0.05, 0.1) is 0 Å². The minimum atomic E-state index is -0.509. The Morgan fingerprint density at radius 3 is 2.46 bits per heavy atom. The highest BCUT2D eigenvalue weighted by Crippen LogP contribution is 2.26. The molecule has 24 heavy (non-hydrogen) atoms. The zero-order chi connectivity index (χ0) is 17.5. The van der Waals surface area contributed by atoms with Gasteiger partial charge in [-0.2, -0.15) is 0 Å². The number of carbonyl (C=O) groups excluding carboxylic acids is 1. The third kappa shape index (κ3) is 4.98. The summed E-state index contributed by atoms with van der Waals surface area (Å²) in [5, 5.41) is 5.31. The van der Waals surface area contributed by atoms with Gasteiger partial charge in [0.15, 0.2) is 6.23 Å². The van der Waals surface area contributed by atoms with Crippen LogP contribution >= 0.6 is 0 Å². The topological polar surface area (TPSA) is 50.4 Å². The Morgan fingerprint density at radius 2 is 1.75 bits per heavy atom. The van der Waals surface area contributed by atoms with E-state index < -0.39 is 12.3 Å². The van der Waals surface area contributed by atoms with Gasteiger partial charge in [-0.15, -0.1) is 0 Å². The van der Waals surface area contributed by atoms with Crippen LogP contribution in [0.2, 0.25) is 0 Å². The summed E-state index contributed by atoms with van der Waals surface area (Å²) in [7, 11) is 0. The summed E-state index contributed by atoms with van der Waals surface area (Å²) >= 11 is 0. The van der Waals surface area contributed by atoms with E-state index in [4.69, 9.17) is 4.74 Å². The van der Waals surface area contributed by atoms with Gasteiger partial charge in [-0.3, -0.25) is 0 Å². The first-order valence-corrected chi connectivity index (χ1v) is 8.00. The fourth-order valence-corrected chi connectivity index (χ4v) is 2.34. The summed E-state index contributed by atoms with van der Waals surface area (Å²) in [6, 6.07) is 13.7. The van der Waals surface area contributed by atoms with Crippen molar-refractivity contribution in [1.82, 2.24) is 10.6 Å². The van der Waals surface area contributed by atoms with Crippen LogP contribution in [-0.4, -0.2) is 12.3 Å². The molecule has 0 bridgehead atoms. The molecule has 1 unspecified atom stereocenters. The Labute approximate surface area is 142 Å². The van der Waals surface area contributed by atoms with Gasteiger partial charge in [-0.25, -0.2) is 9.18 Å². The predicted molar refractivity (Wildman–Crippen MR) is 92.4 cm³/mol. The number of para-hydroxylation sites is 1. The Kier molecular flexibility index (Phi) is 6.18. The van der Waals surface area contributed by atoms with Gasteiger partial charge in [0, 0.05) is 12.1 Å². The molecule has 0 aliphatic heterocycles. The van der Waals surface area contributed by atoms with Gasteiger partial charge in [-0.05, 0) is 30.5 Å². The van der Waals surface area contributed by atoms with E-state index in [1.165, 1.54) is 6.07 Å². The second-order valence-electron chi connectivity index (χ2n) is 5.87. The summed E-state index contributed by atoms with van der Waals surface area (Å²) in [6.45, 7) is 6.04. The molecule has 1 atom stereocenters. The second-order valence-corrected chi connectivity index (χ2v) is 5.87. The highest BCUT2D eigenvalue weighted by atomic mass is 19.1. The van der Waals surface area contributed by atoms with Crippen LogP contribution in [0, 0.1) is 5.82 Å². The molecule has 2 aromatic carbocycles. The SMILES string of the molecule is CC(NC(=O)NCc1ccccc1F)Oc1ccccc1C(C)C. The van der Waals surface area contributed by atoms with Crippen molar-refractivity contribution in [1.29, 1.82) is 0 Å². The minimum absolute atomic E-state index is 0.119. The number of rotatable bonds is 6. The summed E-state index contributed by atoms with van der Waals surface area (Å²) in [4.78, 5) is 11.9. The molecule has 0 radical (unpaired) electrons. The zero-order valence-electron chi connectivity index (χ0n) is 14.2. The number of amides is 2. The van der Waals surface area contributed by atoms with Gasteiger partial charge in [0.2, 0.25) is 0 Å². The van der Waals surface area contributed by atoms with E-state index in [0.717, 1.165) is 11.3 Å². The smallest absolute Gasteiger partial charge is 0.317 e. The van der Waals surface area contributed by atoms with Crippen molar-refractivity contribution in [2.75, 3.05) is 0 Å². The van der Waals surface area contributed by atoms with E-state index in [1.807, 2.05) is 24.3 Å². The van der Waals surface area contributed by atoms with Crippen LogP contribution in [0.15, 0.2) is 48.5 Å². The molecule has 0 aliphatic rings. The molecule has 0 aromatic heterocycles. The maximum atomic E-state index is 13.5. The van der Waals surface area contributed by atoms with Crippen LogP contribution in [0.4, 0.5) is 9.18 Å². The number of benzene rings is 2. The molecular weight excluding hydrogens is 307 g/mol. The summed E-state index contributed by atoms with van der Waals surface area (Å²) in [5.41, 5.74) is 1.52. The Hall–Kier alpha value is -2.56. The summed E-state index contributed by atoms with van der Waals surface area (Å²) in [6.07, 6.45) is -0.509. The van der Waals surface area contributed by atoms with Crippen LogP contribution in [0.5, 0.6) is 5.75 Å². The first-order valence-electron chi connectivity index (χ1n) is 8.00. The van der Waals surface area contributed by atoms with Gasteiger partial charge in [0.25, 0.3) is 0 Å². The fourth-order valence-electron chi connectivity index (χ4n) is 2.34. The van der Waals surface area contributed by atoms with Crippen LogP contribution in [0.1, 0.15) is 37.8 Å². The maximum Gasteiger partial charge on any atom is 0.317 e. The van der Waals surface area contributed by atoms with Gasteiger partial charge in [-0.1, -0.05) is 50.2 Å². The van der Waals surface area contributed by atoms with Gasteiger partial charge >= 0.3 is 6.03 Å². The molecule has 0 heterocycles. The Bertz CT molecular complexity index is 689. The maximum absolute atomic E-state index is 13.5. The van der Waals surface area contributed by atoms with Crippen LogP contribution in [0.25, 0.3) is 0 Å². The summed E-state index contributed by atoms with van der Waals surface area (Å²) < 4.78 is 19.3. The van der Waals surface area contributed by atoms with Crippen molar-refractivity contribution in [2.45, 2.75) is 39.5 Å². The van der Waals surface area contributed by atoms with Crippen molar-refractivity contribution in [2.24, 2.45) is 0 Å². The lowest BCUT2D eigenvalue weighted by atomic mass is 10.0. The summed E-state index contributed by atoms with van der Waals surface area (Å²) in [5.74, 6) is 0.727. The number of hydrogen-bond donors (Lipinski definition) is 2. The molecule has 5 heteroatoms. The van der Waals surface area contributed by atoms with Crippen LogP contribution in [0.3, 0.4) is 0 Å². The molecule has 128 valence electrons. The van der Waals surface area contributed by atoms with E-state index in [-0.39, 0.29) is 12.4 Å². The van der Waals surface area contributed by atoms with Crippen molar-refractivity contribution in [3.05, 3.63) is 65.5 Å². The normalized spacial score (nSPS) is 11.9. The molecule has 2 rings (SSSR count). The van der Waals surface area contributed by atoms with Crippen molar-refractivity contribution < 1.29 is 13.9 Å². The Balaban J connectivity index is 1.87. The van der Waals surface area contributed by atoms with Gasteiger partial charge in [0.1, 0.15) is 11.6 Å². The third-order valence-electron chi connectivity index (χ3n) is 3.58. The minimum Gasteiger partial charge on any atom is -0.471 e. The molecule has 2 N–H and O–H groups in total. The number of nitrogens with one attached hydrogen (secondary N) is 2. The monoisotopic (exact) mass is 330 g/mol. The van der Waals surface area contributed by atoms with Crippen LogP contribution in [-0.2, 0) is 6.54 Å². The lowest BCUT2D eigenvalue weighted by molar-refractivity contribution is 0.175. The van der Waals surface area contributed by atoms with Gasteiger partial charge < -0.3 is 15.4 Å². The number of ether oxygens (including phenoxy) is 1. The predicted octanol–water partition coefficient (Wildman–Crippen LogP) is 4.17. The largest absolute Gasteiger partial charge is 0.471 e. The van der Waals surface area contributed by atoms with E-state index >= 15 is 0 Å². The second kappa shape index (κ2) is 8.34. The average Bonchev–Trinajstić information content (AvgIpc) is 2.54. The zero-order valence-corrected chi connectivity index (χ0v) is 14.2. The molecule has 0 saturated carbocycles. The first kappa shape index (κ1) is 17.8. The van der Waals surface area contributed by atoms with E-state index in [0.29, 0.717) is 11.5 Å². The molecule has 2 amide bonds. The highest BCUT2D eigenvalue weighted by molar-refractivity contribution is 5.74. The molecule has 0 fully saturated rings. The number of carbonyl (C=O) groups is 1. The third-order valence-corrected chi connectivity index (χ3v) is 3.58. The highest BCUT2D eigenvalue weighted by Gasteiger charge is 2.12. The van der Waals surface area contributed by atoms with Crippen molar-refractivity contribution >= 4 is 6.03 Å². The molecule has 0 aliphatic carbocycles. The molecular formula is C19H23FN2O2. The lowest BCUT2D eigenvalue weighted by Gasteiger charge is -2.20. The van der Waals surface area contributed by atoms with Crippen LogP contribution < -0.4 is 15.4 Å². The number of urea groups is 1. The molecule has 2 aromatic rings. The number of halogens is 1. The van der Waals surface area contributed by atoms with E-state index in [9.17, 15) is 9.18 Å². The first-order chi connectivity index (χ1) is 11.5. The van der Waals surface area contributed by atoms with E-state index in [2.05, 4.69) is 24.5 Å². The van der Waals surface area contributed by atoms with E-state index in [1.54, 1.807) is 25.1 Å². The standard InChI is InChI=1S/C19H23FN2O2/c1-13(2)16-9-5-7-11-18(16)24-14(3)22-19(23)21-12-15-8-4-6-10-17(15)20/h4-11,13-14H,12H2,1-3H3,(H2,21,22,23).